The second kappa shape index (κ2) is 10.7. The summed E-state index contributed by atoms with van der Waals surface area (Å²) in [6.45, 7) is 8.88. The normalized spacial score (nSPS) is 60.4. The highest BCUT2D eigenvalue weighted by Gasteiger charge is 2.72. The predicted octanol–water partition coefficient (Wildman–Crippen LogP) is -2.73. The van der Waals surface area contributed by atoms with Gasteiger partial charge in [0.05, 0.1) is 38.6 Å². The summed E-state index contributed by atoms with van der Waals surface area (Å²) in [6, 6.07) is 0. The molecule has 0 saturated carbocycles. The maximum absolute atomic E-state index is 11.9. The molecule has 9 N–H and O–H groups in total. The summed E-state index contributed by atoms with van der Waals surface area (Å²) in [7, 11) is 0. The lowest BCUT2D eigenvalue weighted by molar-refractivity contribution is -0.472. The summed E-state index contributed by atoms with van der Waals surface area (Å²) >= 11 is 0. The lowest BCUT2D eigenvalue weighted by Crippen LogP contribution is -2.81. The first-order chi connectivity index (χ1) is 19.8. The molecule has 9 fully saturated rings. The van der Waals surface area contributed by atoms with Crippen molar-refractivity contribution in [2.75, 3.05) is 33.0 Å². The van der Waals surface area contributed by atoms with E-state index in [9.17, 15) is 46.0 Å². The van der Waals surface area contributed by atoms with E-state index in [4.69, 9.17) is 28.4 Å². The second-order valence-electron chi connectivity index (χ2n) is 15.0. The molecule has 15 heteroatoms. The van der Waals surface area contributed by atoms with Crippen LogP contribution in [0, 0.1) is 5.92 Å². The predicted molar refractivity (Wildman–Crippen MR) is 149 cm³/mol. The van der Waals surface area contributed by atoms with E-state index >= 15 is 0 Å². The van der Waals surface area contributed by atoms with Gasteiger partial charge in [0.15, 0.2) is 11.6 Å². The third kappa shape index (κ3) is 5.07. The highest BCUT2D eigenvalue weighted by atomic mass is 16.8. The van der Waals surface area contributed by atoms with E-state index < -0.39 is 114 Å². The Kier molecular flexibility index (Phi) is 8.82. The van der Waals surface area contributed by atoms with Crippen molar-refractivity contribution in [3.8, 4) is 0 Å². The van der Waals surface area contributed by atoms with Crippen molar-refractivity contribution in [1.82, 2.24) is 0 Å². The van der Waals surface area contributed by atoms with Gasteiger partial charge in [-0.1, -0.05) is 0 Å². The Labute approximate surface area is 257 Å². The fourth-order valence-corrected chi connectivity index (χ4v) is 8.15. The van der Waals surface area contributed by atoms with Gasteiger partial charge in [0.2, 0.25) is 0 Å². The Morgan fingerprint density at radius 3 is 1.39 bits per heavy atom. The Hall–Kier alpha value is -0.600. The molecule has 6 unspecified atom stereocenters. The molecule has 6 bridgehead atoms. The molecule has 0 spiro atoms. The Bertz CT molecular complexity index is 1070. The first kappa shape index (κ1) is 36.2. The van der Waals surface area contributed by atoms with Crippen LogP contribution in [0.15, 0.2) is 0 Å². The Morgan fingerprint density at radius 2 is 0.932 bits per heavy atom. The van der Waals surface area contributed by atoms with Crippen LogP contribution in [0.4, 0.5) is 0 Å². The van der Waals surface area contributed by atoms with E-state index in [1.165, 1.54) is 62.3 Å². The summed E-state index contributed by atoms with van der Waals surface area (Å²) in [5.41, 5.74) is -13.7. The van der Waals surface area contributed by atoms with Crippen LogP contribution in [-0.4, -0.2) is 160 Å². The highest BCUT2D eigenvalue weighted by molar-refractivity contribution is 5.17. The zero-order chi connectivity index (χ0) is 33.7. The number of aliphatic hydroxyl groups is 9. The van der Waals surface area contributed by atoms with Crippen LogP contribution in [0.1, 0.15) is 62.3 Å². The van der Waals surface area contributed by atoms with Crippen molar-refractivity contribution in [2.24, 2.45) is 5.92 Å². The largest absolute Gasteiger partial charge is 0.393 e. The molecule has 15 atom stereocenters. The molecule has 9 saturated heterocycles. The highest BCUT2D eigenvalue weighted by Crippen LogP contribution is 2.53. The first-order valence-corrected chi connectivity index (χ1v) is 14.9. The lowest BCUT2D eigenvalue weighted by Gasteiger charge is -2.63. The zero-order valence-electron chi connectivity index (χ0n) is 27.0. The van der Waals surface area contributed by atoms with Gasteiger partial charge in [0.25, 0.3) is 0 Å². The minimum absolute atomic E-state index is 0.351. The average Bonchev–Trinajstić information content (AvgIpc) is 2.92. The molecule has 0 aromatic carbocycles. The number of hydrogen-bond acceptors (Lipinski definition) is 15. The summed E-state index contributed by atoms with van der Waals surface area (Å²) in [5, 5.41) is 102. The van der Waals surface area contributed by atoms with Gasteiger partial charge in [-0.3, -0.25) is 0 Å². The van der Waals surface area contributed by atoms with Crippen molar-refractivity contribution < 1.29 is 74.4 Å². The minimum atomic E-state index is -2.36. The fourth-order valence-electron chi connectivity index (χ4n) is 8.15. The van der Waals surface area contributed by atoms with Crippen molar-refractivity contribution in [2.45, 2.75) is 144 Å². The Morgan fingerprint density at radius 1 is 0.545 bits per heavy atom. The fraction of sp³-hybridized carbons (Fsp3) is 1.00. The molecule has 258 valence electrons. The molecule has 9 rings (SSSR count). The van der Waals surface area contributed by atoms with Gasteiger partial charge in [-0.15, -0.1) is 0 Å². The van der Waals surface area contributed by atoms with Gasteiger partial charge in [-0.2, -0.15) is 0 Å². The quantitative estimate of drug-likeness (QED) is 0.152. The van der Waals surface area contributed by atoms with Crippen LogP contribution in [-0.2, 0) is 28.4 Å². The van der Waals surface area contributed by atoms with Gasteiger partial charge in [-0.25, -0.2) is 0 Å². The number of ether oxygens (including phenoxy) is 6. The van der Waals surface area contributed by atoms with E-state index in [0.717, 1.165) is 0 Å². The molecule has 44 heavy (non-hydrogen) atoms. The van der Waals surface area contributed by atoms with E-state index in [1.54, 1.807) is 0 Å². The van der Waals surface area contributed by atoms with Crippen molar-refractivity contribution in [3.63, 3.8) is 0 Å². The number of hydrogen-bond donors (Lipinski definition) is 9. The molecular weight excluding hydrogens is 588 g/mol. The standard InChI is InChI=1S/C29H52O15/c1-21(11-30)15-10-39-14-24(4)16(33)26(6,37)19(22(2,12-31)42-24)40-29(9)18(35)27(7,38)20(23(3,13-32)44-29)41-28(8,43-21)17(34)25(15,5)36/h15-20,30-38H,10-14H2,1-9H3/t15-,16?,17?,18?,19-,20-,21?,22?,23?,24-,25-,26+,27+,28+,29+/m1/s1. The SMILES string of the molecule is CC1(CO)O[C@]2(C)O[C@@H]3C(C)(CO)O[C@](C)(O[C@@H]4C(C)(CO)O[C@](C)(COC[C@H]1[C@@](C)(O)C2O)C(O)[C@]4(C)O)C(O)[C@]3(C)O. The second-order valence-corrected chi connectivity index (χ2v) is 15.0. The minimum Gasteiger partial charge on any atom is -0.393 e. The summed E-state index contributed by atoms with van der Waals surface area (Å²) < 4.78 is 37.0. The Balaban J connectivity index is 1.98. The number of aliphatic hydroxyl groups excluding tert-OH is 6. The van der Waals surface area contributed by atoms with Crippen molar-refractivity contribution >= 4 is 0 Å². The molecule has 0 aromatic rings. The monoisotopic (exact) mass is 640 g/mol. The van der Waals surface area contributed by atoms with Crippen molar-refractivity contribution in [1.29, 1.82) is 0 Å². The molecule has 9 aliphatic heterocycles. The third-order valence-corrected chi connectivity index (χ3v) is 10.5. The van der Waals surface area contributed by atoms with Gasteiger partial charge in [0, 0.05) is 5.92 Å². The van der Waals surface area contributed by atoms with E-state index in [1.807, 2.05) is 0 Å². The smallest absolute Gasteiger partial charge is 0.195 e. The van der Waals surface area contributed by atoms with Crippen LogP contribution >= 0.6 is 0 Å². The third-order valence-electron chi connectivity index (χ3n) is 10.5. The zero-order valence-corrected chi connectivity index (χ0v) is 27.0. The maximum Gasteiger partial charge on any atom is 0.195 e. The molecule has 0 amide bonds. The molecular formula is C29H52O15. The maximum atomic E-state index is 11.9. The lowest BCUT2D eigenvalue weighted by atomic mass is 9.69. The van der Waals surface area contributed by atoms with Crippen LogP contribution < -0.4 is 0 Å². The summed E-state index contributed by atoms with van der Waals surface area (Å²) in [6.07, 6.45) is -8.90. The molecule has 0 aromatic heterocycles. The van der Waals surface area contributed by atoms with Gasteiger partial charge in [-0.05, 0) is 62.3 Å². The van der Waals surface area contributed by atoms with Crippen molar-refractivity contribution in [3.05, 3.63) is 0 Å². The number of rotatable bonds is 3. The van der Waals surface area contributed by atoms with Gasteiger partial charge >= 0.3 is 0 Å². The molecule has 15 nitrogen and oxygen atoms in total. The van der Waals surface area contributed by atoms with E-state index in [0.29, 0.717) is 0 Å². The molecule has 0 radical (unpaired) electrons. The van der Waals surface area contributed by atoms with E-state index in [-0.39, 0.29) is 6.61 Å². The topological polar surface area (TPSA) is 237 Å². The molecule has 0 aliphatic carbocycles. The first-order valence-electron chi connectivity index (χ1n) is 14.9. The average molecular weight is 641 g/mol. The van der Waals surface area contributed by atoms with Crippen LogP contribution in [0.2, 0.25) is 0 Å². The van der Waals surface area contributed by atoms with Crippen LogP contribution in [0.3, 0.4) is 0 Å². The van der Waals surface area contributed by atoms with Crippen LogP contribution in [0.5, 0.6) is 0 Å². The summed E-state index contributed by atoms with van der Waals surface area (Å²) in [4.78, 5) is 0. The van der Waals surface area contributed by atoms with Gasteiger partial charge in [0.1, 0.15) is 64.1 Å². The van der Waals surface area contributed by atoms with Crippen LogP contribution in [0.25, 0.3) is 0 Å². The summed E-state index contributed by atoms with van der Waals surface area (Å²) in [5.74, 6) is -5.55. The van der Waals surface area contributed by atoms with E-state index in [2.05, 4.69) is 0 Å². The molecule has 9 heterocycles. The molecule has 9 aliphatic rings. The van der Waals surface area contributed by atoms with Gasteiger partial charge < -0.3 is 74.4 Å².